The maximum atomic E-state index is 5.17. The number of fused-ring (bicyclic) bond motifs is 16. The van der Waals surface area contributed by atoms with Gasteiger partial charge < -0.3 is 15.2 Å². The molecule has 3 aromatic heterocycles. The van der Waals surface area contributed by atoms with Crippen LogP contribution < -0.4 is 10.6 Å². The van der Waals surface area contributed by atoms with Crippen molar-refractivity contribution in [2.24, 2.45) is 0 Å². The van der Waals surface area contributed by atoms with Gasteiger partial charge in [-0.3, -0.25) is 4.57 Å². The molecule has 7 nitrogen and oxygen atoms in total. The average Bonchev–Trinajstić information content (AvgIpc) is 1.67. The number of rotatable bonds is 6. The van der Waals surface area contributed by atoms with Crippen LogP contribution in [0.5, 0.6) is 0 Å². The minimum atomic E-state index is -0.0112. The molecule has 0 radical (unpaired) electrons. The Kier molecular flexibility index (Phi) is 11.6. The molecule has 0 spiro atoms. The van der Waals surface area contributed by atoms with E-state index in [2.05, 4.69) is 260 Å². The smallest absolute Gasteiger partial charge is 0.238 e. The van der Waals surface area contributed by atoms with Crippen molar-refractivity contribution < 1.29 is 0 Å². The Morgan fingerprint density at radius 3 is 1.26 bits per heavy atom. The average molecular weight is 1130 g/mol. The van der Waals surface area contributed by atoms with E-state index in [1.807, 2.05) is 60.7 Å². The lowest BCUT2D eigenvalue weighted by molar-refractivity contribution is 0.658. The second-order valence-corrected chi connectivity index (χ2v) is 24.8. The zero-order valence-corrected chi connectivity index (χ0v) is 49.4. The summed E-state index contributed by atoms with van der Waals surface area (Å²) in [7, 11) is 0. The molecule has 2 aliphatic heterocycles. The lowest BCUT2D eigenvalue weighted by atomic mass is 9.81. The molecule has 0 amide bonds. The van der Waals surface area contributed by atoms with Gasteiger partial charge in [-0.1, -0.05) is 276 Å². The zero-order chi connectivity index (χ0) is 58.8. The van der Waals surface area contributed by atoms with Crippen molar-refractivity contribution in [3.8, 4) is 56.7 Å². The summed E-state index contributed by atoms with van der Waals surface area (Å²) in [5, 5.41) is 12.6. The fourth-order valence-corrected chi connectivity index (χ4v) is 14.7. The summed E-state index contributed by atoms with van der Waals surface area (Å²) < 4.78 is 4.60. The number of para-hydroxylation sites is 3. The molecule has 11 aromatic carbocycles. The molecule has 88 heavy (non-hydrogen) atoms. The van der Waals surface area contributed by atoms with E-state index in [4.69, 9.17) is 15.0 Å². The minimum Gasteiger partial charge on any atom is -0.373 e. The second kappa shape index (κ2) is 19.8. The molecule has 0 saturated carbocycles. The maximum Gasteiger partial charge on any atom is 0.238 e. The lowest BCUT2D eigenvalue weighted by Crippen LogP contribution is -2.20. The second-order valence-electron chi connectivity index (χ2n) is 24.8. The predicted molar refractivity (Wildman–Crippen MR) is 365 cm³/mol. The number of anilines is 2. The van der Waals surface area contributed by atoms with Gasteiger partial charge in [0.15, 0.2) is 11.6 Å². The molecule has 4 aliphatic rings. The Bertz CT molecular complexity index is 5010. The quantitative estimate of drug-likeness (QED) is 0.174. The van der Waals surface area contributed by atoms with Gasteiger partial charge in [0.05, 0.1) is 45.5 Å². The summed E-state index contributed by atoms with van der Waals surface area (Å²) in [5.41, 5.74) is 25.9. The highest BCUT2D eigenvalue weighted by Gasteiger charge is 2.38. The third-order valence-corrected chi connectivity index (χ3v) is 19.1. The van der Waals surface area contributed by atoms with Crippen LogP contribution in [0.15, 0.2) is 261 Å². The first-order valence-corrected chi connectivity index (χ1v) is 30.6. The Morgan fingerprint density at radius 1 is 0.352 bits per heavy atom. The van der Waals surface area contributed by atoms with Crippen LogP contribution in [0.2, 0.25) is 0 Å². The van der Waals surface area contributed by atoms with Gasteiger partial charge in [-0.15, -0.1) is 0 Å². The van der Waals surface area contributed by atoms with E-state index in [1.54, 1.807) is 0 Å². The fraction of sp³-hybridized carbons (Fsp3) is 0.0988. The topological polar surface area (TPSA) is 72.6 Å². The van der Waals surface area contributed by atoms with E-state index in [0.717, 1.165) is 49.7 Å². The molecule has 420 valence electrons. The fourth-order valence-electron chi connectivity index (χ4n) is 14.7. The standard InChI is InChI=1S/C42H36N2.C39H25N5/c1-41(2)33-11-7-5-9-29(33)31-19-15-27(23-35(31)41)37-21-17-25-13-14-26-18-22-38(44-40(26)39(25)43-37)28-16-20-32-30-10-6-8-12-34(30)42(3,4)36(32)24-28;1-4-14-26(15-5-1)37-40-38(27-16-6-2-7-17-27)42-39(41-37)44-34-23-13-11-21-30(34)32-25-24-31-29-20-10-12-22-33(29)43(35(31)36(32)44)28-18-8-3-9-19-28/h5-24,37-38,43-44H,1-4H3;1-25H. The van der Waals surface area contributed by atoms with Crippen molar-refractivity contribution in [3.63, 3.8) is 0 Å². The van der Waals surface area contributed by atoms with Crippen molar-refractivity contribution in [3.05, 3.63) is 305 Å². The van der Waals surface area contributed by atoms with Gasteiger partial charge in [0, 0.05) is 49.2 Å². The molecule has 2 N–H and O–H groups in total. The number of nitrogens with one attached hydrogen (secondary N) is 2. The highest BCUT2D eigenvalue weighted by molar-refractivity contribution is 6.23. The van der Waals surface area contributed by atoms with E-state index in [-0.39, 0.29) is 22.9 Å². The maximum absolute atomic E-state index is 5.17. The van der Waals surface area contributed by atoms with Crippen LogP contribution in [-0.4, -0.2) is 24.1 Å². The van der Waals surface area contributed by atoms with Crippen molar-refractivity contribution in [2.45, 2.75) is 50.6 Å². The first-order valence-electron chi connectivity index (χ1n) is 30.6. The Hall–Kier alpha value is -10.9. The molecular weight excluding hydrogens is 1070 g/mol. The van der Waals surface area contributed by atoms with E-state index < -0.39 is 0 Å². The van der Waals surface area contributed by atoms with E-state index in [9.17, 15) is 0 Å². The Balaban J connectivity index is 0.000000137. The van der Waals surface area contributed by atoms with Gasteiger partial charge in [0.2, 0.25) is 5.95 Å². The van der Waals surface area contributed by atoms with Gasteiger partial charge in [0.25, 0.3) is 0 Å². The number of nitrogens with zero attached hydrogens (tertiary/aromatic N) is 5. The van der Waals surface area contributed by atoms with Gasteiger partial charge >= 0.3 is 0 Å². The van der Waals surface area contributed by atoms with Gasteiger partial charge in [-0.2, -0.15) is 9.97 Å². The van der Waals surface area contributed by atoms with Crippen molar-refractivity contribution in [2.75, 3.05) is 10.6 Å². The monoisotopic (exact) mass is 1130 g/mol. The van der Waals surface area contributed by atoms with Crippen molar-refractivity contribution in [1.82, 2.24) is 24.1 Å². The summed E-state index contributed by atoms with van der Waals surface area (Å²) in [6, 6.07) is 89.0. The van der Waals surface area contributed by atoms with Crippen LogP contribution >= 0.6 is 0 Å². The van der Waals surface area contributed by atoms with Gasteiger partial charge in [-0.05, 0) is 91.0 Å². The minimum absolute atomic E-state index is 0.0112. The predicted octanol–water partition coefficient (Wildman–Crippen LogP) is 20.1. The summed E-state index contributed by atoms with van der Waals surface area (Å²) in [6.45, 7) is 9.41. The van der Waals surface area contributed by atoms with E-state index in [1.165, 1.54) is 88.9 Å². The van der Waals surface area contributed by atoms with Crippen LogP contribution in [0.4, 0.5) is 11.4 Å². The number of aromatic nitrogens is 5. The van der Waals surface area contributed by atoms with Gasteiger partial charge in [-0.25, -0.2) is 4.98 Å². The van der Waals surface area contributed by atoms with Crippen LogP contribution in [-0.2, 0) is 10.8 Å². The molecule has 0 fully saturated rings. The first-order chi connectivity index (χ1) is 43.2. The highest BCUT2D eigenvalue weighted by Crippen LogP contribution is 2.52. The lowest BCUT2D eigenvalue weighted by Gasteiger charge is -2.31. The number of hydrogen-bond donors (Lipinski definition) is 2. The third kappa shape index (κ3) is 8.00. The molecule has 14 aromatic rings. The van der Waals surface area contributed by atoms with E-state index in [0.29, 0.717) is 17.6 Å². The largest absolute Gasteiger partial charge is 0.373 e. The van der Waals surface area contributed by atoms with Gasteiger partial charge in [0.1, 0.15) is 0 Å². The molecule has 0 bridgehead atoms. The summed E-state index contributed by atoms with van der Waals surface area (Å²) in [4.78, 5) is 15.3. The number of hydrogen-bond acceptors (Lipinski definition) is 5. The molecule has 5 heterocycles. The Labute approximate surface area is 511 Å². The SMILES string of the molecule is CC1(C)c2ccccc2-c2ccc(C3C=Cc4ccc5c(c4N3)NC(c3ccc4c(c3)C(C)(C)c3ccccc3-4)C=C5)cc21.c1ccc(-c2nc(-c3ccccc3)nc(-n3c4ccccc4c4ccc5c6ccccc6n(-c6ccccc6)c5c43)n2)cc1. The zero-order valence-electron chi connectivity index (χ0n) is 49.4. The normalized spacial score (nSPS) is 16.0. The molecule has 0 saturated heterocycles. The molecule has 2 aliphatic carbocycles. The first kappa shape index (κ1) is 51.5. The molecule has 2 atom stereocenters. The summed E-state index contributed by atoms with van der Waals surface area (Å²) in [6.07, 6.45) is 9.19. The van der Waals surface area contributed by atoms with Crippen molar-refractivity contribution in [1.29, 1.82) is 0 Å². The highest BCUT2D eigenvalue weighted by atomic mass is 15.2. The van der Waals surface area contributed by atoms with Crippen LogP contribution in [0.3, 0.4) is 0 Å². The summed E-state index contributed by atoms with van der Waals surface area (Å²) >= 11 is 0. The molecule has 2 unspecified atom stereocenters. The van der Waals surface area contributed by atoms with Crippen LogP contribution in [0.25, 0.3) is 112 Å². The van der Waals surface area contributed by atoms with Crippen LogP contribution in [0.1, 0.15) is 84.3 Å². The number of benzene rings is 11. The molecule has 7 heteroatoms. The molecular formula is C81H61N7. The third-order valence-electron chi connectivity index (χ3n) is 19.1. The summed E-state index contributed by atoms with van der Waals surface area (Å²) in [5.74, 6) is 1.86. The van der Waals surface area contributed by atoms with Crippen molar-refractivity contribution >= 4 is 67.1 Å². The Morgan fingerprint density at radius 2 is 0.761 bits per heavy atom. The van der Waals surface area contributed by atoms with Crippen LogP contribution in [0, 0.1) is 0 Å². The van der Waals surface area contributed by atoms with E-state index >= 15 is 0 Å². The molecule has 18 rings (SSSR count).